The molecule has 212 valence electrons. The normalized spacial score (nSPS) is 12.0. The van der Waals surface area contributed by atoms with E-state index in [1.807, 2.05) is 0 Å². The van der Waals surface area contributed by atoms with Gasteiger partial charge in [-0.1, -0.05) is 194 Å². The molecule has 0 aliphatic rings. The molecule has 0 bridgehead atoms. The fourth-order valence-electron chi connectivity index (χ4n) is 5.53. The van der Waals surface area contributed by atoms with Gasteiger partial charge in [-0.15, -0.1) is 0 Å². The van der Waals surface area contributed by atoms with E-state index in [9.17, 15) is 5.11 Å². The third-order valence-corrected chi connectivity index (χ3v) is 8.14. The van der Waals surface area contributed by atoms with E-state index >= 15 is 0 Å². The van der Waals surface area contributed by atoms with E-state index in [2.05, 4.69) is 20.8 Å². The first-order valence-electron chi connectivity index (χ1n) is 16.8. The second-order valence-corrected chi connectivity index (χ2v) is 12.2. The van der Waals surface area contributed by atoms with Crippen molar-refractivity contribution in [1.82, 2.24) is 0 Å². The topological polar surface area (TPSA) is 20.2 Å². The lowest BCUT2D eigenvalue weighted by Gasteiger charge is -2.23. The molecule has 1 N–H and O–H groups in total. The molecule has 1 heteroatoms. The summed E-state index contributed by atoms with van der Waals surface area (Å²) in [6.07, 6.45) is 41.3. The Morgan fingerprint density at radius 1 is 0.314 bits per heavy atom. The van der Waals surface area contributed by atoms with E-state index in [0.717, 1.165) is 12.8 Å². The zero-order valence-electron chi connectivity index (χ0n) is 25.2. The van der Waals surface area contributed by atoms with Gasteiger partial charge < -0.3 is 5.11 Å². The van der Waals surface area contributed by atoms with Gasteiger partial charge in [0, 0.05) is 0 Å². The summed E-state index contributed by atoms with van der Waals surface area (Å²) in [5, 5.41) is 10.7. The van der Waals surface area contributed by atoms with Crippen molar-refractivity contribution >= 4 is 0 Å². The highest BCUT2D eigenvalue weighted by molar-refractivity contribution is 4.72. The number of aliphatic hydroxyl groups is 1. The number of hydrogen-bond donors (Lipinski definition) is 1. The SMILES string of the molecule is CCCCCCCCCCCCCCCCC(C)(O)CCCCCCCCCCCCCCCC. The molecular formula is C34H70O. The zero-order chi connectivity index (χ0) is 25.7. The molecular weight excluding hydrogens is 424 g/mol. The van der Waals surface area contributed by atoms with Crippen LogP contribution in [0.4, 0.5) is 0 Å². The molecule has 0 amide bonds. The van der Waals surface area contributed by atoms with E-state index in [-0.39, 0.29) is 0 Å². The largest absolute Gasteiger partial charge is 0.390 e. The maximum atomic E-state index is 10.7. The summed E-state index contributed by atoms with van der Waals surface area (Å²) < 4.78 is 0. The zero-order valence-corrected chi connectivity index (χ0v) is 25.2. The van der Waals surface area contributed by atoms with Crippen molar-refractivity contribution in [3.8, 4) is 0 Å². The van der Waals surface area contributed by atoms with Gasteiger partial charge in [0.25, 0.3) is 0 Å². The lowest BCUT2D eigenvalue weighted by atomic mass is 9.91. The Bertz CT molecular complexity index is 341. The van der Waals surface area contributed by atoms with Crippen LogP contribution in [0.25, 0.3) is 0 Å². The van der Waals surface area contributed by atoms with Crippen LogP contribution in [0.15, 0.2) is 0 Å². The van der Waals surface area contributed by atoms with Crippen LogP contribution in [0.1, 0.15) is 213 Å². The predicted molar refractivity (Wildman–Crippen MR) is 160 cm³/mol. The monoisotopic (exact) mass is 495 g/mol. The smallest absolute Gasteiger partial charge is 0.0619 e. The second-order valence-electron chi connectivity index (χ2n) is 12.2. The van der Waals surface area contributed by atoms with Gasteiger partial charge in [0.1, 0.15) is 0 Å². The Morgan fingerprint density at radius 3 is 0.686 bits per heavy atom. The van der Waals surface area contributed by atoms with Gasteiger partial charge in [0.05, 0.1) is 5.60 Å². The van der Waals surface area contributed by atoms with Gasteiger partial charge in [0.2, 0.25) is 0 Å². The molecule has 0 spiro atoms. The molecule has 0 heterocycles. The maximum Gasteiger partial charge on any atom is 0.0619 e. The molecule has 0 unspecified atom stereocenters. The summed E-state index contributed by atoms with van der Waals surface area (Å²) in [5.74, 6) is 0. The maximum absolute atomic E-state index is 10.7. The van der Waals surface area contributed by atoms with Crippen molar-refractivity contribution < 1.29 is 5.11 Å². The first-order chi connectivity index (χ1) is 17.1. The quantitative estimate of drug-likeness (QED) is 0.0984. The number of unbranched alkanes of at least 4 members (excludes halogenated alkanes) is 26. The van der Waals surface area contributed by atoms with E-state index in [1.165, 1.54) is 180 Å². The molecule has 0 aliphatic carbocycles. The summed E-state index contributed by atoms with van der Waals surface area (Å²) in [6, 6.07) is 0. The molecule has 0 radical (unpaired) electrons. The molecule has 0 aromatic carbocycles. The summed E-state index contributed by atoms with van der Waals surface area (Å²) >= 11 is 0. The third kappa shape index (κ3) is 30.1. The summed E-state index contributed by atoms with van der Waals surface area (Å²) in [7, 11) is 0. The molecule has 0 aromatic rings. The number of rotatable bonds is 30. The second kappa shape index (κ2) is 28.5. The first kappa shape index (κ1) is 35.0. The molecule has 1 nitrogen and oxygen atoms in total. The molecule has 0 saturated carbocycles. The Kier molecular flexibility index (Phi) is 28.5. The molecule has 0 saturated heterocycles. The average Bonchev–Trinajstić information content (AvgIpc) is 2.84. The fourth-order valence-corrected chi connectivity index (χ4v) is 5.53. The van der Waals surface area contributed by atoms with E-state index < -0.39 is 5.60 Å². The van der Waals surface area contributed by atoms with Crippen molar-refractivity contribution in [3.05, 3.63) is 0 Å². The Balaban J connectivity index is 3.28. The standard InChI is InChI=1S/C34H70O/c1-4-6-8-10-12-14-16-18-20-22-24-26-28-30-32-34(3,35)33-31-29-27-25-23-21-19-17-15-13-11-9-7-5-2/h35H,4-33H2,1-3H3. The fraction of sp³-hybridized carbons (Fsp3) is 1.00. The molecule has 0 rings (SSSR count). The highest BCUT2D eigenvalue weighted by Crippen LogP contribution is 2.23. The summed E-state index contributed by atoms with van der Waals surface area (Å²) in [5.41, 5.74) is -0.422. The molecule has 0 atom stereocenters. The van der Waals surface area contributed by atoms with Crippen LogP contribution in [-0.4, -0.2) is 10.7 Å². The molecule has 0 aliphatic heterocycles. The molecule has 35 heavy (non-hydrogen) atoms. The van der Waals surface area contributed by atoms with Gasteiger partial charge in [-0.2, -0.15) is 0 Å². The van der Waals surface area contributed by atoms with E-state index in [0.29, 0.717) is 0 Å². The van der Waals surface area contributed by atoms with Crippen LogP contribution < -0.4 is 0 Å². The van der Waals surface area contributed by atoms with Crippen molar-refractivity contribution in [2.75, 3.05) is 0 Å². The van der Waals surface area contributed by atoms with Crippen molar-refractivity contribution in [3.63, 3.8) is 0 Å². The average molecular weight is 495 g/mol. The van der Waals surface area contributed by atoms with Gasteiger partial charge in [-0.25, -0.2) is 0 Å². The van der Waals surface area contributed by atoms with Gasteiger partial charge in [0.15, 0.2) is 0 Å². The van der Waals surface area contributed by atoms with E-state index in [4.69, 9.17) is 0 Å². The Hall–Kier alpha value is -0.0400. The summed E-state index contributed by atoms with van der Waals surface area (Å²) in [6.45, 7) is 6.67. The van der Waals surface area contributed by atoms with Crippen LogP contribution in [0, 0.1) is 0 Å². The highest BCUT2D eigenvalue weighted by atomic mass is 16.3. The van der Waals surface area contributed by atoms with Crippen LogP contribution in [-0.2, 0) is 0 Å². The predicted octanol–water partition coefficient (Wildman–Crippen LogP) is 12.5. The first-order valence-corrected chi connectivity index (χ1v) is 16.8. The lowest BCUT2D eigenvalue weighted by molar-refractivity contribution is 0.0366. The minimum absolute atomic E-state index is 0.422. The minimum Gasteiger partial charge on any atom is -0.390 e. The minimum atomic E-state index is -0.422. The van der Waals surface area contributed by atoms with Crippen LogP contribution in [0.3, 0.4) is 0 Å². The van der Waals surface area contributed by atoms with Crippen molar-refractivity contribution in [2.24, 2.45) is 0 Å². The van der Waals surface area contributed by atoms with Crippen molar-refractivity contribution in [2.45, 2.75) is 219 Å². The van der Waals surface area contributed by atoms with E-state index in [1.54, 1.807) is 0 Å². The van der Waals surface area contributed by atoms with Gasteiger partial charge in [-0.3, -0.25) is 0 Å². The molecule has 0 aromatic heterocycles. The number of hydrogen-bond acceptors (Lipinski definition) is 1. The lowest BCUT2D eigenvalue weighted by Crippen LogP contribution is -2.23. The Labute approximate surface area is 224 Å². The van der Waals surface area contributed by atoms with Gasteiger partial charge >= 0.3 is 0 Å². The van der Waals surface area contributed by atoms with Crippen LogP contribution >= 0.6 is 0 Å². The van der Waals surface area contributed by atoms with Crippen LogP contribution in [0.2, 0.25) is 0 Å². The van der Waals surface area contributed by atoms with Crippen LogP contribution in [0.5, 0.6) is 0 Å². The van der Waals surface area contributed by atoms with Crippen molar-refractivity contribution in [1.29, 1.82) is 0 Å². The molecule has 0 fully saturated rings. The Morgan fingerprint density at radius 2 is 0.486 bits per heavy atom. The highest BCUT2D eigenvalue weighted by Gasteiger charge is 2.18. The summed E-state index contributed by atoms with van der Waals surface area (Å²) in [4.78, 5) is 0. The van der Waals surface area contributed by atoms with Gasteiger partial charge in [-0.05, 0) is 19.8 Å². The third-order valence-electron chi connectivity index (χ3n) is 8.14.